The van der Waals surface area contributed by atoms with Crippen molar-refractivity contribution in [2.75, 3.05) is 11.9 Å². The number of hydrogen-bond donors (Lipinski definition) is 1. The molecule has 0 radical (unpaired) electrons. The van der Waals surface area contributed by atoms with Crippen molar-refractivity contribution in [2.45, 2.75) is 58.1 Å². The monoisotopic (exact) mass is 505 g/mol. The maximum Gasteiger partial charge on any atom is 0.230 e. The van der Waals surface area contributed by atoms with Crippen LogP contribution in [0.1, 0.15) is 68.1 Å². The molecule has 1 N–H and O–H groups in total. The fraction of sp³-hybridized carbons (Fsp3) is 0.370. The summed E-state index contributed by atoms with van der Waals surface area (Å²) in [6, 6.07) is 8.08. The van der Waals surface area contributed by atoms with Crippen molar-refractivity contribution in [1.29, 1.82) is 0 Å². The van der Waals surface area contributed by atoms with Crippen molar-refractivity contribution < 1.29 is 23.2 Å². The summed E-state index contributed by atoms with van der Waals surface area (Å²) in [5, 5.41) is 11.5. The fourth-order valence-corrected chi connectivity index (χ4v) is 4.33. The Kier molecular flexibility index (Phi) is 6.59. The van der Waals surface area contributed by atoms with E-state index in [9.17, 15) is 14.0 Å². The molecule has 1 saturated heterocycles. The Bertz CT molecular complexity index is 1460. The Morgan fingerprint density at radius 1 is 1.22 bits per heavy atom. The van der Waals surface area contributed by atoms with Crippen LogP contribution in [0.15, 0.2) is 41.1 Å². The van der Waals surface area contributed by atoms with Crippen LogP contribution in [-0.2, 0) is 21.4 Å². The van der Waals surface area contributed by atoms with Gasteiger partial charge in [0.25, 0.3) is 0 Å². The lowest BCUT2D eigenvalue weighted by molar-refractivity contribution is -0.115. The average molecular weight is 506 g/mol. The summed E-state index contributed by atoms with van der Waals surface area (Å²) in [7, 11) is 0. The molecule has 9 nitrogen and oxygen atoms in total. The summed E-state index contributed by atoms with van der Waals surface area (Å²) >= 11 is 0. The number of carbonyl (C=O) groups excluding carboxylic acids is 2. The van der Waals surface area contributed by atoms with Gasteiger partial charge in [-0.3, -0.25) is 9.59 Å². The number of nitrogens with zero attached hydrogens (tertiary/aromatic N) is 4. The van der Waals surface area contributed by atoms with Gasteiger partial charge >= 0.3 is 0 Å². The van der Waals surface area contributed by atoms with Gasteiger partial charge in [-0.05, 0) is 42.5 Å². The molecule has 4 aromatic rings. The summed E-state index contributed by atoms with van der Waals surface area (Å²) in [5.74, 6) is -0.00315. The van der Waals surface area contributed by atoms with E-state index in [1.165, 1.54) is 6.07 Å². The highest BCUT2D eigenvalue weighted by Gasteiger charge is 2.23. The van der Waals surface area contributed by atoms with Gasteiger partial charge in [0.15, 0.2) is 24.0 Å². The zero-order chi connectivity index (χ0) is 26.2. The van der Waals surface area contributed by atoms with Gasteiger partial charge in [-0.2, -0.15) is 5.10 Å². The molecule has 192 valence electrons. The minimum absolute atomic E-state index is 0.162. The Balaban J connectivity index is 1.34. The molecule has 1 amide bonds. The van der Waals surface area contributed by atoms with Crippen molar-refractivity contribution in [3.63, 3.8) is 0 Å². The second-order valence-corrected chi connectivity index (χ2v) is 10.2. The molecule has 1 atom stereocenters. The van der Waals surface area contributed by atoms with Crippen LogP contribution in [-0.4, -0.2) is 38.7 Å². The van der Waals surface area contributed by atoms with Gasteiger partial charge < -0.3 is 14.6 Å². The first-order valence-electron chi connectivity index (χ1n) is 12.2. The Morgan fingerprint density at radius 3 is 2.73 bits per heavy atom. The number of carbonyl (C=O) groups is 2. The van der Waals surface area contributed by atoms with Crippen molar-refractivity contribution in [3.8, 4) is 11.1 Å². The van der Waals surface area contributed by atoms with Crippen LogP contribution in [0.4, 0.5) is 10.2 Å². The van der Waals surface area contributed by atoms with Crippen LogP contribution in [0.2, 0.25) is 0 Å². The molecule has 0 spiro atoms. The molecule has 1 aliphatic heterocycles. The number of anilines is 1. The van der Waals surface area contributed by atoms with Crippen molar-refractivity contribution in [3.05, 3.63) is 59.4 Å². The summed E-state index contributed by atoms with van der Waals surface area (Å²) in [6.07, 6.45) is 4.70. The third-order valence-electron chi connectivity index (χ3n) is 6.37. The molecule has 1 unspecified atom stereocenters. The van der Waals surface area contributed by atoms with E-state index < -0.39 is 11.7 Å². The molecule has 4 heterocycles. The summed E-state index contributed by atoms with van der Waals surface area (Å²) < 4.78 is 27.7. The molecule has 1 fully saturated rings. The van der Waals surface area contributed by atoms with Crippen molar-refractivity contribution in [1.82, 2.24) is 19.9 Å². The number of halogens is 1. The molecule has 37 heavy (non-hydrogen) atoms. The molecule has 5 rings (SSSR count). The van der Waals surface area contributed by atoms with Crippen LogP contribution in [0.25, 0.3) is 22.2 Å². The molecule has 1 aliphatic rings. The number of benzene rings is 1. The van der Waals surface area contributed by atoms with Crippen LogP contribution in [0.3, 0.4) is 0 Å². The lowest BCUT2D eigenvalue weighted by Gasteiger charge is -2.22. The van der Waals surface area contributed by atoms with Crippen molar-refractivity contribution >= 4 is 29.0 Å². The van der Waals surface area contributed by atoms with E-state index in [4.69, 9.17) is 9.26 Å². The van der Waals surface area contributed by atoms with Gasteiger partial charge in [0.1, 0.15) is 17.3 Å². The van der Waals surface area contributed by atoms with E-state index in [1.807, 2.05) is 20.8 Å². The summed E-state index contributed by atoms with van der Waals surface area (Å²) in [6.45, 7) is 6.56. The van der Waals surface area contributed by atoms with E-state index in [-0.39, 0.29) is 35.1 Å². The number of ether oxygens (including phenoxy) is 1. The molecule has 1 aromatic carbocycles. The number of aromatic nitrogens is 4. The Morgan fingerprint density at radius 2 is 2.05 bits per heavy atom. The lowest BCUT2D eigenvalue weighted by atomic mass is 9.93. The molecule has 0 aliphatic carbocycles. The third kappa shape index (κ3) is 5.15. The number of nitrogens with one attached hydrogen (secondary N) is 1. The SMILES string of the molecule is CC(C)(C)c1cc(NC(=O)Cc2ccc(-c3cnc4c(c3)c(C=O)nn4C3CCCCO3)cc2F)no1. The summed E-state index contributed by atoms with van der Waals surface area (Å²) in [4.78, 5) is 28.7. The number of pyridine rings is 1. The first kappa shape index (κ1) is 24.8. The van der Waals surface area contributed by atoms with E-state index in [2.05, 4.69) is 20.6 Å². The van der Waals surface area contributed by atoms with Gasteiger partial charge in [-0.25, -0.2) is 14.1 Å². The maximum absolute atomic E-state index is 15.0. The fourth-order valence-electron chi connectivity index (χ4n) is 4.33. The predicted octanol–water partition coefficient (Wildman–Crippen LogP) is 5.22. The van der Waals surface area contributed by atoms with Crippen LogP contribution >= 0.6 is 0 Å². The molecular weight excluding hydrogens is 477 g/mol. The minimum Gasteiger partial charge on any atom is -0.359 e. The number of fused-ring (bicyclic) bond motifs is 1. The first-order valence-corrected chi connectivity index (χ1v) is 12.2. The van der Waals surface area contributed by atoms with Gasteiger partial charge in [0.05, 0.1) is 11.8 Å². The molecular formula is C27H28FN5O4. The van der Waals surface area contributed by atoms with E-state index in [0.717, 1.165) is 19.3 Å². The highest BCUT2D eigenvalue weighted by atomic mass is 19.1. The van der Waals surface area contributed by atoms with Crippen molar-refractivity contribution in [2.24, 2.45) is 0 Å². The lowest BCUT2D eigenvalue weighted by Crippen LogP contribution is -2.19. The van der Waals surface area contributed by atoms with Gasteiger partial charge in [-0.1, -0.05) is 38.1 Å². The van der Waals surface area contributed by atoms with Crippen LogP contribution < -0.4 is 5.32 Å². The van der Waals surface area contributed by atoms with E-state index >= 15 is 0 Å². The molecule has 0 bridgehead atoms. The molecule has 3 aromatic heterocycles. The van der Waals surface area contributed by atoms with Gasteiger partial charge in [0.2, 0.25) is 5.91 Å². The smallest absolute Gasteiger partial charge is 0.230 e. The second kappa shape index (κ2) is 9.85. The number of amides is 1. The largest absolute Gasteiger partial charge is 0.359 e. The quantitative estimate of drug-likeness (QED) is 0.358. The van der Waals surface area contributed by atoms with E-state index in [0.29, 0.717) is 40.8 Å². The second-order valence-electron chi connectivity index (χ2n) is 10.2. The zero-order valence-electron chi connectivity index (χ0n) is 21.0. The molecule has 0 saturated carbocycles. The number of hydrogen-bond acceptors (Lipinski definition) is 7. The minimum atomic E-state index is -0.523. The Hall–Kier alpha value is -3.92. The van der Waals surface area contributed by atoms with E-state index in [1.54, 1.807) is 35.1 Å². The Labute approximate surface area is 213 Å². The highest BCUT2D eigenvalue weighted by molar-refractivity contribution is 5.95. The number of rotatable bonds is 6. The van der Waals surface area contributed by atoms with Crippen LogP contribution in [0.5, 0.6) is 0 Å². The normalized spacial score (nSPS) is 16.2. The predicted molar refractivity (Wildman–Crippen MR) is 135 cm³/mol. The standard InChI is InChI=1S/C27H28FN5O4/c1-27(2,3)22-13-23(32-37-22)30-24(35)12-17-8-7-16(11-20(17)28)18-10-19-21(15-34)31-33(26(19)29-14-18)25-6-4-5-9-36-25/h7-8,10-11,13-15,25H,4-6,9,12H2,1-3H3,(H,30,32,35). The third-order valence-corrected chi connectivity index (χ3v) is 6.37. The van der Waals surface area contributed by atoms with Gasteiger partial charge in [0, 0.05) is 29.8 Å². The zero-order valence-corrected chi connectivity index (χ0v) is 21.0. The maximum atomic E-state index is 15.0. The van der Waals surface area contributed by atoms with Crippen LogP contribution in [0, 0.1) is 5.82 Å². The molecule has 10 heteroatoms. The number of aldehydes is 1. The van der Waals surface area contributed by atoms with Gasteiger partial charge in [-0.15, -0.1) is 0 Å². The first-order chi connectivity index (χ1) is 17.7. The average Bonchev–Trinajstić information content (AvgIpc) is 3.50. The topological polar surface area (TPSA) is 112 Å². The summed E-state index contributed by atoms with van der Waals surface area (Å²) in [5.41, 5.74) is 2.01. The highest BCUT2D eigenvalue weighted by Crippen LogP contribution is 2.30.